The Morgan fingerprint density at radius 1 is 1.27 bits per heavy atom. The molecule has 0 fully saturated rings. The van der Waals surface area contributed by atoms with Crippen molar-refractivity contribution < 1.29 is 9.21 Å². The first-order chi connectivity index (χ1) is 10.8. The Hall–Kier alpha value is -1.85. The summed E-state index contributed by atoms with van der Waals surface area (Å²) in [6.07, 6.45) is 5.73. The summed E-state index contributed by atoms with van der Waals surface area (Å²) in [5, 5.41) is 2.01. The van der Waals surface area contributed by atoms with Crippen molar-refractivity contribution in [1.29, 1.82) is 0 Å². The normalized spacial score (nSPS) is 12.2. The zero-order chi connectivity index (χ0) is 15.2. The van der Waals surface area contributed by atoms with Crippen LogP contribution < -0.4 is 0 Å². The van der Waals surface area contributed by atoms with E-state index in [-0.39, 0.29) is 11.0 Å². The average molecular weight is 329 g/mol. The highest BCUT2D eigenvalue weighted by atomic mass is 32.2. The maximum atomic E-state index is 12.4. The molecule has 0 saturated carbocycles. The third-order valence-electron chi connectivity index (χ3n) is 3.23. The largest absolute Gasteiger partial charge is 0.468 e. The van der Waals surface area contributed by atoms with Gasteiger partial charge in [0.25, 0.3) is 0 Å². The number of Topliss-reactive ketones (excluding diaryl/α,β-unsaturated/α-hetero) is 1. The summed E-state index contributed by atoms with van der Waals surface area (Å²) in [5.74, 6) is 1.84. The van der Waals surface area contributed by atoms with Crippen LogP contribution in [0.25, 0.3) is 0 Å². The van der Waals surface area contributed by atoms with Crippen molar-refractivity contribution in [1.82, 2.24) is 4.98 Å². The summed E-state index contributed by atoms with van der Waals surface area (Å²) >= 11 is 3.20. The van der Waals surface area contributed by atoms with Crippen LogP contribution in [0.3, 0.4) is 0 Å². The van der Waals surface area contributed by atoms with Crippen LogP contribution in [0.15, 0.2) is 64.9 Å². The number of hydrogen-bond donors (Lipinski definition) is 0. The molecule has 3 nitrogen and oxygen atoms in total. The lowest BCUT2D eigenvalue weighted by Crippen LogP contribution is -2.04. The van der Waals surface area contributed by atoms with Gasteiger partial charge in [-0.3, -0.25) is 9.78 Å². The van der Waals surface area contributed by atoms with Crippen LogP contribution in [0.4, 0.5) is 0 Å². The lowest BCUT2D eigenvalue weighted by atomic mass is 10.1. The number of furan rings is 1. The molecule has 0 spiro atoms. The van der Waals surface area contributed by atoms with Crippen molar-refractivity contribution in [2.75, 3.05) is 0 Å². The van der Waals surface area contributed by atoms with Gasteiger partial charge in [-0.05, 0) is 35.2 Å². The van der Waals surface area contributed by atoms with Crippen LogP contribution >= 0.6 is 23.1 Å². The van der Waals surface area contributed by atoms with E-state index in [1.807, 2.05) is 48.0 Å². The highest BCUT2D eigenvalue weighted by Gasteiger charge is 2.19. The molecule has 112 valence electrons. The minimum atomic E-state index is 0.0772. The number of nitrogens with zero attached hydrogens (tertiary/aromatic N) is 1. The first kappa shape index (κ1) is 15.1. The van der Waals surface area contributed by atoms with E-state index in [9.17, 15) is 4.79 Å². The van der Waals surface area contributed by atoms with E-state index in [4.69, 9.17) is 4.42 Å². The molecule has 0 aliphatic rings. The molecule has 0 bridgehead atoms. The fourth-order valence-corrected chi connectivity index (χ4v) is 3.93. The standard InChI is InChI=1S/C17H15NO2S2/c19-15(16-6-3-9-21-16)10-17(13-4-1-7-18-11-13)22-12-14-5-2-8-20-14/h1-9,11,17H,10,12H2/t17-/m1/s1. The Balaban J connectivity index is 1.72. The van der Waals surface area contributed by atoms with Crippen LogP contribution in [-0.4, -0.2) is 10.8 Å². The molecular weight excluding hydrogens is 314 g/mol. The first-order valence-corrected chi connectivity index (χ1v) is 8.86. The maximum absolute atomic E-state index is 12.4. The predicted octanol–water partition coefficient (Wildman–Crippen LogP) is 4.98. The second-order valence-corrected chi connectivity index (χ2v) is 6.91. The van der Waals surface area contributed by atoms with E-state index in [1.165, 1.54) is 11.3 Å². The van der Waals surface area contributed by atoms with E-state index in [0.717, 1.165) is 22.0 Å². The summed E-state index contributed by atoms with van der Waals surface area (Å²) in [6, 6.07) is 11.6. The molecule has 0 amide bonds. The number of ketones is 1. The van der Waals surface area contributed by atoms with E-state index >= 15 is 0 Å². The van der Waals surface area contributed by atoms with Gasteiger partial charge in [-0.25, -0.2) is 0 Å². The number of pyridine rings is 1. The van der Waals surface area contributed by atoms with Gasteiger partial charge < -0.3 is 4.42 Å². The molecule has 0 N–H and O–H groups in total. The fraction of sp³-hybridized carbons (Fsp3) is 0.176. The van der Waals surface area contributed by atoms with Crippen LogP contribution in [0, 0.1) is 0 Å². The molecule has 3 aromatic heterocycles. The lowest BCUT2D eigenvalue weighted by molar-refractivity contribution is 0.0986. The zero-order valence-electron chi connectivity index (χ0n) is 11.8. The van der Waals surface area contributed by atoms with Crippen molar-refractivity contribution in [2.45, 2.75) is 17.4 Å². The molecule has 0 unspecified atom stereocenters. The van der Waals surface area contributed by atoms with Gasteiger partial charge >= 0.3 is 0 Å². The zero-order valence-corrected chi connectivity index (χ0v) is 13.5. The molecule has 22 heavy (non-hydrogen) atoms. The number of thiophene rings is 1. The van der Waals surface area contributed by atoms with Gasteiger partial charge in [0.2, 0.25) is 0 Å². The topological polar surface area (TPSA) is 43.1 Å². The summed E-state index contributed by atoms with van der Waals surface area (Å²) in [4.78, 5) is 17.4. The second-order valence-electron chi connectivity index (χ2n) is 4.77. The number of carbonyl (C=O) groups excluding carboxylic acids is 1. The Labute approximate surface area is 137 Å². The van der Waals surface area contributed by atoms with E-state index in [0.29, 0.717) is 6.42 Å². The summed E-state index contributed by atoms with van der Waals surface area (Å²) < 4.78 is 5.38. The van der Waals surface area contributed by atoms with Crippen molar-refractivity contribution >= 4 is 28.9 Å². The molecule has 5 heteroatoms. The SMILES string of the molecule is O=C(C[C@@H](SCc1ccco1)c1cccnc1)c1cccs1. The predicted molar refractivity (Wildman–Crippen MR) is 90.2 cm³/mol. The van der Waals surface area contributed by atoms with Crippen LogP contribution in [0.2, 0.25) is 0 Å². The summed E-state index contributed by atoms with van der Waals surface area (Å²) in [5.41, 5.74) is 1.07. The first-order valence-electron chi connectivity index (χ1n) is 6.93. The summed E-state index contributed by atoms with van der Waals surface area (Å²) in [6.45, 7) is 0. The highest BCUT2D eigenvalue weighted by Crippen LogP contribution is 2.35. The molecule has 1 atom stereocenters. The third-order valence-corrected chi connectivity index (χ3v) is 5.43. The number of hydrogen-bond acceptors (Lipinski definition) is 5. The van der Waals surface area contributed by atoms with Crippen molar-refractivity contribution in [3.8, 4) is 0 Å². The number of thioether (sulfide) groups is 1. The minimum Gasteiger partial charge on any atom is -0.468 e. The fourth-order valence-electron chi connectivity index (χ4n) is 2.12. The average Bonchev–Trinajstić information content (AvgIpc) is 3.25. The van der Waals surface area contributed by atoms with Crippen molar-refractivity contribution in [3.63, 3.8) is 0 Å². The van der Waals surface area contributed by atoms with Crippen LogP contribution in [-0.2, 0) is 5.75 Å². The van der Waals surface area contributed by atoms with Gasteiger partial charge in [0, 0.05) is 24.1 Å². The smallest absolute Gasteiger partial charge is 0.174 e. The quantitative estimate of drug-likeness (QED) is 0.573. The van der Waals surface area contributed by atoms with Gasteiger partial charge in [-0.1, -0.05) is 12.1 Å². The van der Waals surface area contributed by atoms with E-state index < -0.39 is 0 Å². The number of aromatic nitrogens is 1. The molecule has 3 heterocycles. The van der Waals surface area contributed by atoms with Gasteiger partial charge in [-0.15, -0.1) is 23.1 Å². The Bertz CT molecular complexity index is 694. The second kappa shape index (κ2) is 7.42. The molecule has 0 saturated heterocycles. The van der Waals surface area contributed by atoms with Gasteiger partial charge in [-0.2, -0.15) is 0 Å². The maximum Gasteiger partial charge on any atom is 0.174 e. The van der Waals surface area contributed by atoms with Gasteiger partial charge in [0.15, 0.2) is 5.78 Å². The molecule has 0 aliphatic carbocycles. The van der Waals surface area contributed by atoms with Crippen LogP contribution in [0.5, 0.6) is 0 Å². The Kier molecular flexibility index (Phi) is 5.08. The van der Waals surface area contributed by atoms with Gasteiger partial charge in [0.05, 0.1) is 16.9 Å². The number of rotatable bonds is 7. The Morgan fingerprint density at radius 2 is 2.23 bits per heavy atom. The van der Waals surface area contributed by atoms with Crippen LogP contribution in [0.1, 0.15) is 32.7 Å². The van der Waals surface area contributed by atoms with Gasteiger partial charge in [0.1, 0.15) is 5.76 Å². The molecule has 0 radical (unpaired) electrons. The minimum absolute atomic E-state index is 0.0772. The monoisotopic (exact) mass is 329 g/mol. The molecule has 0 aromatic carbocycles. The molecule has 3 rings (SSSR count). The summed E-state index contributed by atoms with van der Waals surface area (Å²) in [7, 11) is 0. The Morgan fingerprint density at radius 3 is 2.91 bits per heavy atom. The van der Waals surface area contributed by atoms with Crippen molar-refractivity contribution in [2.24, 2.45) is 0 Å². The number of carbonyl (C=O) groups is 1. The molecule has 0 aliphatic heterocycles. The molecule has 3 aromatic rings. The third kappa shape index (κ3) is 3.87. The van der Waals surface area contributed by atoms with Crippen molar-refractivity contribution in [3.05, 3.63) is 76.6 Å². The van der Waals surface area contributed by atoms with E-state index in [1.54, 1.807) is 24.2 Å². The lowest BCUT2D eigenvalue weighted by Gasteiger charge is -2.15. The highest BCUT2D eigenvalue weighted by molar-refractivity contribution is 7.98. The van der Waals surface area contributed by atoms with E-state index in [2.05, 4.69) is 4.98 Å². The molecular formula is C17H15NO2S2.